The Morgan fingerprint density at radius 2 is 1.93 bits per heavy atom. The van der Waals surface area contributed by atoms with Crippen molar-refractivity contribution in [1.29, 1.82) is 0 Å². The number of hydrogen-bond donors (Lipinski definition) is 1. The number of carbonyl (C=O) groups excluding carboxylic acids is 1. The summed E-state index contributed by atoms with van der Waals surface area (Å²) >= 11 is 7.22. The summed E-state index contributed by atoms with van der Waals surface area (Å²) in [5.74, 6) is 0.189. The molecule has 1 atom stereocenters. The molecule has 0 radical (unpaired) electrons. The van der Waals surface area contributed by atoms with E-state index in [0.717, 1.165) is 24.1 Å². The molecule has 6 nitrogen and oxygen atoms in total. The van der Waals surface area contributed by atoms with Crippen molar-refractivity contribution in [3.8, 4) is 5.69 Å². The summed E-state index contributed by atoms with van der Waals surface area (Å²) in [5, 5.41) is 16.0. The van der Waals surface area contributed by atoms with Gasteiger partial charge >= 0.3 is 0 Å². The highest BCUT2D eigenvalue weighted by Gasteiger charge is 2.16. The van der Waals surface area contributed by atoms with E-state index in [9.17, 15) is 4.79 Å². The predicted octanol–water partition coefficient (Wildman–Crippen LogP) is 4.07. The molecule has 0 saturated heterocycles. The molecule has 3 rings (SSSR count). The lowest BCUT2D eigenvalue weighted by molar-refractivity contribution is -0.119. The van der Waals surface area contributed by atoms with E-state index >= 15 is 0 Å². The SMILES string of the molecule is CCCC(NC(=O)CSc1nnnn1-c1ccc(Cl)cc1)c1ccccc1. The molecule has 8 heteroatoms. The first-order valence-corrected chi connectivity index (χ1v) is 10.0. The number of nitrogens with one attached hydrogen (secondary N) is 1. The van der Waals surface area contributed by atoms with Gasteiger partial charge in [0.25, 0.3) is 0 Å². The molecular formula is C19H20ClN5OS. The summed E-state index contributed by atoms with van der Waals surface area (Å²) in [7, 11) is 0. The molecule has 27 heavy (non-hydrogen) atoms. The van der Waals surface area contributed by atoms with Gasteiger partial charge in [0, 0.05) is 5.02 Å². The third kappa shape index (κ3) is 5.30. The molecule has 0 aliphatic carbocycles. The van der Waals surface area contributed by atoms with Gasteiger partial charge in [-0.3, -0.25) is 4.79 Å². The predicted molar refractivity (Wildman–Crippen MR) is 107 cm³/mol. The first-order valence-electron chi connectivity index (χ1n) is 8.69. The Hall–Kier alpha value is -2.38. The number of nitrogens with zero attached hydrogens (tertiary/aromatic N) is 4. The number of thioether (sulfide) groups is 1. The summed E-state index contributed by atoms with van der Waals surface area (Å²) in [6, 6.07) is 17.2. The van der Waals surface area contributed by atoms with Crippen LogP contribution in [-0.2, 0) is 4.79 Å². The van der Waals surface area contributed by atoms with Crippen molar-refractivity contribution in [3.63, 3.8) is 0 Å². The van der Waals surface area contributed by atoms with E-state index in [4.69, 9.17) is 11.6 Å². The smallest absolute Gasteiger partial charge is 0.230 e. The van der Waals surface area contributed by atoms with E-state index in [2.05, 4.69) is 27.8 Å². The van der Waals surface area contributed by atoms with E-state index in [1.807, 2.05) is 42.5 Å². The fraction of sp³-hybridized carbons (Fsp3) is 0.263. The first kappa shape index (κ1) is 19.4. The number of benzene rings is 2. The van der Waals surface area contributed by atoms with Crippen LogP contribution in [0.3, 0.4) is 0 Å². The van der Waals surface area contributed by atoms with E-state index < -0.39 is 0 Å². The lowest BCUT2D eigenvalue weighted by Crippen LogP contribution is -2.30. The monoisotopic (exact) mass is 401 g/mol. The number of amides is 1. The van der Waals surface area contributed by atoms with Crippen LogP contribution in [0.5, 0.6) is 0 Å². The lowest BCUT2D eigenvalue weighted by Gasteiger charge is -2.18. The number of rotatable bonds is 8. The molecule has 3 aromatic rings. The number of halogens is 1. The zero-order valence-electron chi connectivity index (χ0n) is 14.9. The Bertz CT molecular complexity index is 869. The summed E-state index contributed by atoms with van der Waals surface area (Å²) in [6.07, 6.45) is 1.88. The average Bonchev–Trinajstić information content (AvgIpc) is 3.16. The van der Waals surface area contributed by atoms with Gasteiger partial charge in [-0.1, -0.05) is 67.0 Å². The fourth-order valence-electron chi connectivity index (χ4n) is 2.68. The zero-order valence-corrected chi connectivity index (χ0v) is 16.5. The Labute approximate surface area is 167 Å². The van der Waals surface area contributed by atoms with Crippen LogP contribution in [0, 0.1) is 0 Å². The van der Waals surface area contributed by atoms with Crippen molar-refractivity contribution in [3.05, 3.63) is 65.2 Å². The molecule has 0 aliphatic heterocycles. The summed E-state index contributed by atoms with van der Waals surface area (Å²) in [4.78, 5) is 12.5. The van der Waals surface area contributed by atoms with Crippen molar-refractivity contribution >= 4 is 29.3 Å². The maximum atomic E-state index is 12.5. The van der Waals surface area contributed by atoms with Gasteiger partial charge in [0.15, 0.2) is 0 Å². The molecule has 0 saturated carbocycles. The summed E-state index contributed by atoms with van der Waals surface area (Å²) < 4.78 is 1.59. The van der Waals surface area contributed by atoms with Crippen molar-refractivity contribution in [2.45, 2.75) is 31.0 Å². The molecule has 2 aromatic carbocycles. The van der Waals surface area contributed by atoms with Crippen LogP contribution in [0.1, 0.15) is 31.4 Å². The number of carbonyl (C=O) groups is 1. The second-order valence-electron chi connectivity index (χ2n) is 5.96. The highest BCUT2D eigenvalue weighted by molar-refractivity contribution is 7.99. The van der Waals surface area contributed by atoms with Gasteiger partial charge in [0.1, 0.15) is 0 Å². The van der Waals surface area contributed by atoms with Crippen molar-refractivity contribution < 1.29 is 4.79 Å². The van der Waals surface area contributed by atoms with E-state index in [-0.39, 0.29) is 17.7 Å². The molecule has 0 bridgehead atoms. The highest BCUT2D eigenvalue weighted by Crippen LogP contribution is 2.21. The Morgan fingerprint density at radius 3 is 2.63 bits per heavy atom. The molecule has 1 heterocycles. The molecule has 140 valence electrons. The number of aromatic nitrogens is 4. The fourth-order valence-corrected chi connectivity index (χ4v) is 3.50. The molecule has 0 spiro atoms. The molecule has 0 fully saturated rings. The second kappa shape index (κ2) is 9.53. The van der Waals surface area contributed by atoms with Gasteiger partial charge in [-0.25, -0.2) is 0 Å². The lowest BCUT2D eigenvalue weighted by atomic mass is 10.0. The van der Waals surface area contributed by atoms with Gasteiger partial charge in [0.05, 0.1) is 17.5 Å². The topological polar surface area (TPSA) is 72.7 Å². The van der Waals surface area contributed by atoms with Gasteiger partial charge in [-0.05, 0) is 46.7 Å². The van der Waals surface area contributed by atoms with Gasteiger partial charge < -0.3 is 5.32 Å². The summed E-state index contributed by atoms with van der Waals surface area (Å²) in [6.45, 7) is 2.11. The quantitative estimate of drug-likeness (QED) is 0.576. The molecular weight excluding hydrogens is 382 g/mol. The highest BCUT2D eigenvalue weighted by atomic mass is 35.5. The van der Waals surface area contributed by atoms with Crippen LogP contribution in [0.4, 0.5) is 0 Å². The van der Waals surface area contributed by atoms with Gasteiger partial charge in [0.2, 0.25) is 11.1 Å². The third-order valence-corrected chi connectivity index (χ3v) is 5.13. The maximum Gasteiger partial charge on any atom is 0.230 e. The minimum absolute atomic E-state index is 0.0107. The Balaban J connectivity index is 1.62. The molecule has 1 aromatic heterocycles. The van der Waals surface area contributed by atoms with Crippen molar-refractivity contribution in [1.82, 2.24) is 25.5 Å². The molecule has 1 N–H and O–H groups in total. The molecule has 1 unspecified atom stereocenters. The second-order valence-corrected chi connectivity index (χ2v) is 7.34. The average molecular weight is 402 g/mol. The number of tetrazole rings is 1. The number of hydrogen-bond acceptors (Lipinski definition) is 5. The Morgan fingerprint density at radius 1 is 1.19 bits per heavy atom. The van der Waals surface area contributed by atoms with Crippen molar-refractivity contribution in [2.24, 2.45) is 0 Å². The minimum Gasteiger partial charge on any atom is -0.349 e. The zero-order chi connectivity index (χ0) is 19.1. The standard InChI is InChI=1S/C19H20ClN5OS/c1-2-6-17(14-7-4-3-5-8-14)21-18(26)13-27-19-22-23-24-25(19)16-11-9-15(20)10-12-16/h3-5,7-12,17H,2,6,13H2,1H3,(H,21,26). The van der Waals surface area contributed by atoms with Crippen LogP contribution in [0.2, 0.25) is 5.02 Å². The van der Waals surface area contributed by atoms with Crippen LogP contribution in [-0.4, -0.2) is 31.9 Å². The van der Waals surface area contributed by atoms with Gasteiger partial charge in [-0.15, -0.1) is 5.10 Å². The largest absolute Gasteiger partial charge is 0.349 e. The van der Waals surface area contributed by atoms with E-state index in [1.165, 1.54) is 11.8 Å². The molecule has 1 amide bonds. The normalized spacial score (nSPS) is 11.9. The minimum atomic E-state index is -0.0482. The van der Waals surface area contributed by atoms with Crippen LogP contribution < -0.4 is 5.32 Å². The molecule has 0 aliphatic rings. The van der Waals surface area contributed by atoms with Crippen LogP contribution >= 0.6 is 23.4 Å². The summed E-state index contributed by atoms with van der Waals surface area (Å²) in [5.41, 5.74) is 1.91. The van der Waals surface area contributed by atoms with Crippen LogP contribution in [0.15, 0.2) is 59.8 Å². The maximum absolute atomic E-state index is 12.5. The van der Waals surface area contributed by atoms with E-state index in [0.29, 0.717) is 10.2 Å². The third-order valence-electron chi connectivity index (χ3n) is 3.96. The van der Waals surface area contributed by atoms with Gasteiger partial charge in [-0.2, -0.15) is 4.68 Å². The van der Waals surface area contributed by atoms with Crippen molar-refractivity contribution in [2.75, 3.05) is 5.75 Å². The van der Waals surface area contributed by atoms with Crippen LogP contribution in [0.25, 0.3) is 5.69 Å². The van der Waals surface area contributed by atoms with E-state index in [1.54, 1.807) is 16.8 Å². The Kier molecular flexibility index (Phi) is 6.84. The first-order chi connectivity index (χ1) is 13.2.